The Bertz CT molecular complexity index is 410. The van der Waals surface area contributed by atoms with Gasteiger partial charge in [0.05, 0.1) is 26.9 Å². The highest BCUT2D eigenvalue weighted by Crippen LogP contribution is 2.22. The average Bonchev–Trinajstić information content (AvgIpc) is 2.28. The Kier molecular flexibility index (Phi) is 5.29. The minimum atomic E-state index is 0.375. The molecule has 0 saturated carbocycles. The zero-order chi connectivity index (χ0) is 13.6. The molecule has 1 aromatic carbocycles. The Morgan fingerprint density at radius 2 is 1.83 bits per heavy atom. The number of nitrogens with zero attached hydrogens (tertiary/aromatic N) is 2. The molecule has 0 N–H and O–H groups in total. The van der Waals surface area contributed by atoms with Crippen molar-refractivity contribution < 1.29 is 4.59 Å². The number of rotatable bonds is 5. The summed E-state index contributed by atoms with van der Waals surface area (Å²) in [5, 5.41) is 4.76. The molecule has 98 valence electrons. The van der Waals surface area contributed by atoms with Crippen molar-refractivity contribution in [1.82, 2.24) is 0 Å². The zero-order valence-electron chi connectivity index (χ0n) is 12.2. The molecule has 0 radical (unpaired) electrons. The molecule has 2 heteroatoms. The van der Waals surface area contributed by atoms with E-state index in [0.29, 0.717) is 10.5 Å². The van der Waals surface area contributed by atoms with E-state index in [1.165, 1.54) is 11.3 Å². The van der Waals surface area contributed by atoms with Gasteiger partial charge >= 0.3 is 0 Å². The van der Waals surface area contributed by atoms with E-state index in [-0.39, 0.29) is 0 Å². The maximum absolute atomic E-state index is 4.76. The highest BCUT2D eigenvalue weighted by molar-refractivity contribution is 5.88. The van der Waals surface area contributed by atoms with Crippen LogP contribution in [-0.4, -0.2) is 31.4 Å². The van der Waals surface area contributed by atoms with Crippen molar-refractivity contribution >= 4 is 5.71 Å². The van der Waals surface area contributed by atoms with E-state index >= 15 is 0 Å². The van der Waals surface area contributed by atoms with Gasteiger partial charge < -0.3 is 0 Å². The summed E-state index contributed by atoms with van der Waals surface area (Å²) in [6.07, 6.45) is 5.33. The molecule has 0 fully saturated rings. The second-order valence-electron chi connectivity index (χ2n) is 5.45. The minimum Gasteiger partial charge on any atom is -0.205 e. The molecule has 18 heavy (non-hydrogen) atoms. The fourth-order valence-corrected chi connectivity index (χ4v) is 2.05. The molecule has 0 heterocycles. The molecule has 1 atom stereocenters. The van der Waals surface area contributed by atoms with Gasteiger partial charge in [-0.25, -0.2) is 4.59 Å². The highest BCUT2D eigenvalue weighted by atomic mass is 15.6. The normalized spacial score (nSPS) is 15.1. The average molecular weight is 245 g/mol. The van der Waals surface area contributed by atoms with E-state index in [1.54, 1.807) is 0 Å². The lowest BCUT2D eigenvalue weighted by Gasteiger charge is -2.21. The molecule has 0 aliphatic rings. The van der Waals surface area contributed by atoms with Crippen LogP contribution in [0.4, 0.5) is 0 Å². The third kappa shape index (κ3) is 4.84. The van der Waals surface area contributed by atoms with Crippen molar-refractivity contribution in [3.05, 3.63) is 48.0 Å². The van der Waals surface area contributed by atoms with Crippen LogP contribution in [-0.2, 0) is 0 Å². The largest absolute Gasteiger partial charge is 0.205 e. The molecular weight excluding hydrogens is 220 g/mol. The second kappa shape index (κ2) is 6.50. The van der Waals surface area contributed by atoms with Crippen LogP contribution in [0.15, 0.2) is 47.6 Å². The van der Waals surface area contributed by atoms with E-state index in [2.05, 4.69) is 77.5 Å². The van der Waals surface area contributed by atoms with Crippen LogP contribution in [0.1, 0.15) is 31.7 Å². The van der Waals surface area contributed by atoms with E-state index in [1.807, 2.05) is 0 Å². The van der Waals surface area contributed by atoms with Crippen molar-refractivity contribution in [1.29, 1.82) is 0 Å². The number of benzene rings is 1. The quantitative estimate of drug-likeness (QED) is 0.324. The van der Waals surface area contributed by atoms with Crippen LogP contribution in [0.25, 0.3) is 0 Å². The Labute approximate surface area is 111 Å². The van der Waals surface area contributed by atoms with Crippen LogP contribution in [0.5, 0.6) is 0 Å². The molecule has 0 aliphatic carbocycles. The standard InChI is InChI=1S/C16H25N2/c1-6-7-13-16(14(2)17-18(3,4)5)15-11-9-8-10-12-15/h6-12,16H,13H2,1-5H3/q+1/b7-6+,17-14-. The molecule has 0 spiro atoms. The number of quaternary nitrogens is 1. The first-order valence-corrected chi connectivity index (χ1v) is 6.48. The fourth-order valence-electron chi connectivity index (χ4n) is 2.05. The van der Waals surface area contributed by atoms with Gasteiger partial charge in [0.2, 0.25) is 0 Å². The zero-order valence-corrected chi connectivity index (χ0v) is 12.2. The smallest absolute Gasteiger partial charge is 0.0923 e. The van der Waals surface area contributed by atoms with Gasteiger partial charge in [0, 0.05) is 5.92 Å². The molecule has 1 aromatic rings. The van der Waals surface area contributed by atoms with Gasteiger partial charge in [-0.3, -0.25) is 0 Å². The maximum Gasteiger partial charge on any atom is 0.0923 e. The molecule has 0 amide bonds. The van der Waals surface area contributed by atoms with Crippen LogP contribution < -0.4 is 0 Å². The highest BCUT2D eigenvalue weighted by Gasteiger charge is 2.17. The third-order valence-corrected chi connectivity index (χ3v) is 2.77. The lowest BCUT2D eigenvalue weighted by Crippen LogP contribution is -2.30. The summed E-state index contributed by atoms with van der Waals surface area (Å²) in [4.78, 5) is 0. The summed E-state index contributed by atoms with van der Waals surface area (Å²) in [7, 11) is 6.25. The predicted octanol–water partition coefficient (Wildman–Crippen LogP) is 3.82. The third-order valence-electron chi connectivity index (χ3n) is 2.77. The van der Waals surface area contributed by atoms with Crippen molar-refractivity contribution in [2.75, 3.05) is 21.1 Å². The van der Waals surface area contributed by atoms with Crippen molar-refractivity contribution in [2.45, 2.75) is 26.2 Å². The Morgan fingerprint density at radius 3 is 2.33 bits per heavy atom. The Morgan fingerprint density at radius 1 is 1.22 bits per heavy atom. The van der Waals surface area contributed by atoms with Gasteiger partial charge in [-0.2, -0.15) is 0 Å². The summed E-state index contributed by atoms with van der Waals surface area (Å²) in [6, 6.07) is 10.6. The minimum absolute atomic E-state index is 0.375. The molecular formula is C16H25N2+. The van der Waals surface area contributed by atoms with Crippen LogP contribution in [0, 0.1) is 0 Å². The van der Waals surface area contributed by atoms with Crippen molar-refractivity contribution in [3.8, 4) is 0 Å². The van der Waals surface area contributed by atoms with Gasteiger partial charge in [-0.15, -0.1) is 0 Å². The van der Waals surface area contributed by atoms with E-state index in [4.69, 9.17) is 5.10 Å². The molecule has 2 nitrogen and oxygen atoms in total. The molecule has 0 aromatic heterocycles. The first-order chi connectivity index (χ1) is 8.44. The monoisotopic (exact) mass is 245 g/mol. The van der Waals surface area contributed by atoms with Gasteiger partial charge in [0.1, 0.15) is 0 Å². The summed E-state index contributed by atoms with van der Waals surface area (Å²) in [6.45, 7) is 4.19. The van der Waals surface area contributed by atoms with Gasteiger partial charge in [0.25, 0.3) is 0 Å². The van der Waals surface area contributed by atoms with Crippen molar-refractivity contribution in [3.63, 3.8) is 0 Å². The van der Waals surface area contributed by atoms with E-state index in [0.717, 1.165) is 6.42 Å². The maximum atomic E-state index is 4.76. The molecule has 1 rings (SSSR count). The van der Waals surface area contributed by atoms with E-state index < -0.39 is 0 Å². The first-order valence-electron chi connectivity index (χ1n) is 6.48. The topological polar surface area (TPSA) is 12.4 Å². The summed E-state index contributed by atoms with van der Waals surface area (Å²) in [5.74, 6) is 0.375. The van der Waals surface area contributed by atoms with Crippen LogP contribution in [0.3, 0.4) is 0 Å². The number of allylic oxidation sites excluding steroid dienone is 2. The fraction of sp³-hybridized carbons (Fsp3) is 0.438. The summed E-state index contributed by atoms with van der Waals surface area (Å²) >= 11 is 0. The SMILES string of the molecule is C/C=C/CC(/C(C)=N\[N+](C)(C)C)c1ccccc1. The lowest BCUT2D eigenvalue weighted by molar-refractivity contribution is -0.877. The molecule has 0 bridgehead atoms. The lowest BCUT2D eigenvalue weighted by atomic mass is 9.91. The summed E-state index contributed by atoms with van der Waals surface area (Å²) in [5.41, 5.74) is 2.53. The summed E-state index contributed by atoms with van der Waals surface area (Å²) < 4.78 is 0.616. The molecule has 0 saturated heterocycles. The number of hydrogen-bond donors (Lipinski definition) is 0. The van der Waals surface area contributed by atoms with E-state index in [9.17, 15) is 0 Å². The van der Waals surface area contributed by atoms with Crippen LogP contribution >= 0.6 is 0 Å². The van der Waals surface area contributed by atoms with Crippen molar-refractivity contribution in [2.24, 2.45) is 5.10 Å². The molecule has 1 unspecified atom stereocenters. The van der Waals surface area contributed by atoms with Gasteiger partial charge in [0.15, 0.2) is 0 Å². The number of hydrogen-bond acceptors (Lipinski definition) is 1. The van der Waals surface area contributed by atoms with Gasteiger partial charge in [-0.1, -0.05) is 47.6 Å². The first kappa shape index (κ1) is 14.7. The molecule has 0 aliphatic heterocycles. The second-order valence-corrected chi connectivity index (χ2v) is 5.45. The van der Waals surface area contributed by atoms with Crippen LogP contribution in [0.2, 0.25) is 0 Å². The Balaban J connectivity index is 3.03. The van der Waals surface area contributed by atoms with Gasteiger partial charge in [-0.05, 0) is 25.8 Å². The predicted molar refractivity (Wildman–Crippen MR) is 79.8 cm³/mol. The Hall–Kier alpha value is -1.41.